The van der Waals surface area contributed by atoms with Gasteiger partial charge in [0.1, 0.15) is 0 Å². The van der Waals surface area contributed by atoms with E-state index in [1.54, 1.807) is 0 Å². The largest absolute Gasteiger partial charge is 0.381 e. The number of dihydropyridines is 1. The molecule has 4 heterocycles. The molecule has 0 saturated carbocycles. The van der Waals surface area contributed by atoms with Crippen molar-refractivity contribution in [3.8, 4) is 11.4 Å². The maximum Gasteiger partial charge on any atom is 0.0695 e. The van der Waals surface area contributed by atoms with Crippen molar-refractivity contribution in [1.29, 1.82) is 0 Å². The number of aromatic nitrogens is 2. The van der Waals surface area contributed by atoms with E-state index in [0.717, 1.165) is 34.0 Å². The molecule has 58 heavy (non-hydrogen) atoms. The Kier molecular flexibility index (Phi) is 7.43. The summed E-state index contributed by atoms with van der Waals surface area (Å²) in [6.45, 7) is 0. The molecule has 4 nitrogen and oxygen atoms in total. The Morgan fingerprint density at radius 1 is 0.448 bits per heavy atom. The number of fused-ring (bicyclic) bond motifs is 9. The van der Waals surface area contributed by atoms with Crippen molar-refractivity contribution in [2.24, 2.45) is 0 Å². The molecule has 1 aliphatic heterocycles. The molecule has 1 N–H and O–H groups in total. The van der Waals surface area contributed by atoms with Crippen LogP contribution >= 0.6 is 11.3 Å². The summed E-state index contributed by atoms with van der Waals surface area (Å²) in [5, 5.41) is 10.9. The summed E-state index contributed by atoms with van der Waals surface area (Å²) in [4.78, 5) is 2.48. The van der Waals surface area contributed by atoms with Crippen LogP contribution < -0.4 is 10.2 Å². The van der Waals surface area contributed by atoms with Gasteiger partial charge in [0, 0.05) is 58.8 Å². The highest BCUT2D eigenvalue weighted by Gasteiger charge is 2.25. The number of rotatable bonds is 6. The van der Waals surface area contributed by atoms with Gasteiger partial charge < -0.3 is 19.4 Å². The first-order valence-electron chi connectivity index (χ1n) is 19.8. The molecule has 1 atom stereocenters. The van der Waals surface area contributed by atoms with E-state index in [4.69, 9.17) is 0 Å². The van der Waals surface area contributed by atoms with Gasteiger partial charge in [-0.1, -0.05) is 109 Å². The molecule has 0 spiro atoms. The van der Waals surface area contributed by atoms with E-state index in [9.17, 15) is 0 Å². The average molecular weight is 761 g/mol. The molecule has 1 unspecified atom stereocenters. The lowest BCUT2D eigenvalue weighted by Crippen LogP contribution is -2.14. The Morgan fingerprint density at radius 2 is 1.02 bits per heavy atom. The Morgan fingerprint density at radius 3 is 1.69 bits per heavy atom. The fourth-order valence-corrected chi connectivity index (χ4v) is 10.3. The van der Waals surface area contributed by atoms with Gasteiger partial charge in [-0.3, -0.25) is 0 Å². The quantitative estimate of drug-likeness (QED) is 0.183. The minimum Gasteiger partial charge on any atom is -0.381 e. The van der Waals surface area contributed by atoms with E-state index in [-0.39, 0.29) is 6.04 Å². The number of allylic oxidation sites excluding steroid dienone is 2. The van der Waals surface area contributed by atoms with Crippen LogP contribution in [0.25, 0.3) is 75.2 Å². The van der Waals surface area contributed by atoms with E-state index in [1.807, 2.05) is 23.6 Å². The van der Waals surface area contributed by atoms with Crippen molar-refractivity contribution in [2.75, 3.05) is 4.90 Å². The number of benzene rings is 8. The summed E-state index contributed by atoms with van der Waals surface area (Å²) in [7, 11) is 0. The molecule has 3 aromatic heterocycles. The number of hydrogen-bond donors (Lipinski definition) is 1. The van der Waals surface area contributed by atoms with Crippen molar-refractivity contribution >= 4 is 92.2 Å². The van der Waals surface area contributed by atoms with Crippen LogP contribution in [0.3, 0.4) is 0 Å². The van der Waals surface area contributed by atoms with Gasteiger partial charge in [0.15, 0.2) is 0 Å². The second kappa shape index (κ2) is 13.1. The molecular formula is C53H36N4S. The van der Waals surface area contributed by atoms with Gasteiger partial charge in [-0.05, 0) is 103 Å². The van der Waals surface area contributed by atoms with E-state index in [2.05, 4.69) is 213 Å². The van der Waals surface area contributed by atoms with Crippen LogP contribution in [0, 0.1) is 0 Å². The Bertz CT molecular complexity index is 3440. The third kappa shape index (κ3) is 5.00. The number of hydrogen-bond acceptors (Lipinski definition) is 3. The molecule has 11 aromatic rings. The standard InChI is InChI=1S/C53H36N4S/c1-2-14-36(15-3-1)56(47-23-12-22-46-52(47)40-17-4-7-20-44(40)55(46)37-29-27-35(28-30-37)43-19-10-11-33-54-43)48-24-13-25-49-53(48)41-18-5-8-21-45(41)57(49)38-31-32-51-42(34-38)39-16-6-9-26-50(39)58-51/h1-34,43,54H. The highest BCUT2D eigenvalue weighted by molar-refractivity contribution is 7.25. The summed E-state index contributed by atoms with van der Waals surface area (Å²) < 4.78 is 7.49. The summed E-state index contributed by atoms with van der Waals surface area (Å²) in [6, 6.07) is 67.0. The number of thiophene rings is 1. The Labute approximate surface area is 339 Å². The van der Waals surface area contributed by atoms with Crippen LogP contribution in [-0.2, 0) is 0 Å². The lowest BCUT2D eigenvalue weighted by molar-refractivity contribution is 0.746. The van der Waals surface area contributed by atoms with Gasteiger partial charge in [-0.2, -0.15) is 0 Å². The Balaban J connectivity index is 1.10. The predicted molar refractivity (Wildman–Crippen MR) is 247 cm³/mol. The third-order valence-electron chi connectivity index (χ3n) is 11.8. The molecule has 0 amide bonds. The van der Waals surface area contributed by atoms with Crippen LogP contribution in [0.5, 0.6) is 0 Å². The van der Waals surface area contributed by atoms with Crippen LogP contribution in [0.1, 0.15) is 11.6 Å². The SMILES string of the molecule is C1=CNC(c2ccc(-n3c4ccccc4c4c(N(c5ccccc5)c5cccc6c5c5ccccc5n6-c5ccc6sc7ccccc7c6c5)cccc43)cc2)C=C1. The van der Waals surface area contributed by atoms with Gasteiger partial charge >= 0.3 is 0 Å². The van der Waals surface area contributed by atoms with Gasteiger partial charge in [0.25, 0.3) is 0 Å². The molecule has 1 aliphatic rings. The summed E-state index contributed by atoms with van der Waals surface area (Å²) in [6.07, 6.45) is 8.34. The van der Waals surface area contributed by atoms with E-state index in [0.29, 0.717) is 0 Å². The van der Waals surface area contributed by atoms with Gasteiger partial charge in [-0.15, -0.1) is 11.3 Å². The molecule has 274 valence electrons. The van der Waals surface area contributed by atoms with Gasteiger partial charge in [-0.25, -0.2) is 0 Å². The van der Waals surface area contributed by atoms with Crippen LogP contribution in [0.2, 0.25) is 0 Å². The van der Waals surface area contributed by atoms with Crippen molar-refractivity contribution in [1.82, 2.24) is 14.5 Å². The monoisotopic (exact) mass is 760 g/mol. The first-order chi connectivity index (χ1) is 28.8. The maximum atomic E-state index is 3.47. The molecule has 0 aliphatic carbocycles. The fraction of sp³-hybridized carbons (Fsp3) is 0.0189. The second-order valence-electron chi connectivity index (χ2n) is 15.0. The number of nitrogens with zero attached hydrogens (tertiary/aromatic N) is 3. The molecule has 0 radical (unpaired) electrons. The third-order valence-corrected chi connectivity index (χ3v) is 12.9. The first kappa shape index (κ1) is 32.9. The predicted octanol–water partition coefficient (Wildman–Crippen LogP) is 14.4. The first-order valence-corrected chi connectivity index (χ1v) is 20.6. The lowest BCUT2D eigenvalue weighted by atomic mass is 10.0. The number of nitrogens with one attached hydrogen (secondary N) is 1. The normalized spacial score (nSPS) is 14.0. The lowest BCUT2D eigenvalue weighted by Gasteiger charge is -2.27. The molecule has 5 heteroatoms. The van der Waals surface area contributed by atoms with E-state index < -0.39 is 0 Å². The number of anilines is 3. The zero-order chi connectivity index (χ0) is 38.2. The smallest absolute Gasteiger partial charge is 0.0695 e. The molecule has 8 aromatic carbocycles. The summed E-state index contributed by atoms with van der Waals surface area (Å²) >= 11 is 1.86. The topological polar surface area (TPSA) is 25.1 Å². The van der Waals surface area contributed by atoms with Crippen molar-refractivity contribution in [3.05, 3.63) is 212 Å². The highest BCUT2D eigenvalue weighted by Crippen LogP contribution is 2.48. The molecule has 0 fully saturated rings. The van der Waals surface area contributed by atoms with Gasteiger partial charge in [0.2, 0.25) is 0 Å². The van der Waals surface area contributed by atoms with Crippen LogP contribution in [0.4, 0.5) is 17.1 Å². The fourth-order valence-electron chi connectivity index (χ4n) is 9.25. The van der Waals surface area contributed by atoms with Gasteiger partial charge in [0.05, 0.1) is 39.5 Å². The van der Waals surface area contributed by atoms with Crippen molar-refractivity contribution < 1.29 is 0 Å². The van der Waals surface area contributed by atoms with Crippen LogP contribution in [0.15, 0.2) is 206 Å². The van der Waals surface area contributed by atoms with Crippen molar-refractivity contribution in [3.63, 3.8) is 0 Å². The molecular weight excluding hydrogens is 725 g/mol. The Hall–Kier alpha value is -7.34. The number of para-hydroxylation sites is 3. The maximum absolute atomic E-state index is 3.47. The molecule has 12 rings (SSSR count). The second-order valence-corrected chi connectivity index (χ2v) is 16.1. The minimum atomic E-state index is 0.162. The zero-order valence-electron chi connectivity index (χ0n) is 31.5. The zero-order valence-corrected chi connectivity index (χ0v) is 32.3. The minimum absolute atomic E-state index is 0.162. The van der Waals surface area contributed by atoms with Crippen LogP contribution in [-0.4, -0.2) is 9.13 Å². The average Bonchev–Trinajstić information content (AvgIpc) is 3.95. The van der Waals surface area contributed by atoms with E-state index in [1.165, 1.54) is 63.8 Å². The molecule has 0 bridgehead atoms. The highest BCUT2D eigenvalue weighted by atomic mass is 32.1. The van der Waals surface area contributed by atoms with Crippen molar-refractivity contribution in [2.45, 2.75) is 6.04 Å². The molecule has 0 saturated heterocycles. The summed E-state index contributed by atoms with van der Waals surface area (Å²) in [5.74, 6) is 0. The summed E-state index contributed by atoms with van der Waals surface area (Å²) in [5.41, 5.74) is 11.6. The van der Waals surface area contributed by atoms with E-state index >= 15 is 0 Å².